The maximum absolute atomic E-state index is 13.4. The number of hydrogen-bond acceptors (Lipinski definition) is 3. The molecule has 100 valence electrons. The van der Waals surface area contributed by atoms with Crippen LogP contribution in [0.1, 0.15) is 18.4 Å². The largest absolute Gasteiger partial charge is 0.327 e. The van der Waals surface area contributed by atoms with E-state index < -0.39 is 15.8 Å². The van der Waals surface area contributed by atoms with Crippen LogP contribution >= 0.6 is 0 Å². The monoisotopic (exact) mass is 272 g/mol. The van der Waals surface area contributed by atoms with Crippen LogP contribution in [0.15, 0.2) is 23.1 Å². The standard InChI is InChI=1S/C12H17FN2O2S/c1-9-4-5-11(7-12(9)13)18(16,17)15-6-2-3-10(14)8-15/h4-5,7,10H,2-3,6,8,14H2,1H3/t10-/m0/s1. The highest BCUT2D eigenvalue weighted by Gasteiger charge is 2.29. The molecule has 0 unspecified atom stereocenters. The van der Waals surface area contributed by atoms with Crippen LogP contribution in [0.5, 0.6) is 0 Å². The van der Waals surface area contributed by atoms with E-state index >= 15 is 0 Å². The Bertz CT molecular complexity index is 545. The number of aryl methyl sites for hydroxylation is 1. The molecule has 0 saturated carbocycles. The van der Waals surface area contributed by atoms with E-state index in [1.165, 1.54) is 16.4 Å². The van der Waals surface area contributed by atoms with Gasteiger partial charge < -0.3 is 5.73 Å². The summed E-state index contributed by atoms with van der Waals surface area (Å²) in [5.41, 5.74) is 6.21. The average molecular weight is 272 g/mol. The number of nitrogens with zero attached hydrogens (tertiary/aromatic N) is 1. The van der Waals surface area contributed by atoms with Gasteiger partial charge in [0.2, 0.25) is 10.0 Å². The van der Waals surface area contributed by atoms with Gasteiger partial charge in [0.05, 0.1) is 4.90 Å². The minimum atomic E-state index is -3.62. The van der Waals surface area contributed by atoms with Crippen molar-refractivity contribution in [2.45, 2.75) is 30.7 Å². The molecule has 1 atom stereocenters. The number of nitrogens with two attached hydrogens (primary N) is 1. The van der Waals surface area contributed by atoms with Gasteiger partial charge in [-0.25, -0.2) is 12.8 Å². The topological polar surface area (TPSA) is 63.4 Å². The Labute approximate surface area is 107 Å². The second-order valence-corrected chi connectivity index (χ2v) is 6.61. The second-order valence-electron chi connectivity index (χ2n) is 4.68. The van der Waals surface area contributed by atoms with Crippen LogP contribution in [0.2, 0.25) is 0 Å². The first-order chi connectivity index (χ1) is 8.41. The molecule has 0 spiro atoms. The molecule has 2 rings (SSSR count). The van der Waals surface area contributed by atoms with Crippen molar-refractivity contribution in [1.29, 1.82) is 0 Å². The lowest BCUT2D eigenvalue weighted by Gasteiger charge is -2.29. The summed E-state index contributed by atoms with van der Waals surface area (Å²) in [5.74, 6) is -0.502. The Morgan fingerprint density at radius 1 is 1.44 bits per heavy atom. The minimum absolute atomic E-state index is 0.000278. The Hall–Kier alpha value is -0.980. The third-order valence-electron chi connectivity index (χ3n) is 3.20. The predicted molar refractivity (Wildman–Crippen MR) is 67.1 cm³/mol. The lowest BCUT2D eigenvalue weighted by molar-refractivity contribution is 0.316. The molecule has 1 aliphatic heterocycles. The summed E-state index contributed by atoms with van der Waals surface area (Å²) in [4.78, 5) is -0.000278. The fourth-order valence-corrected chi connectivity index (χ4v) is 3.62. The first kappa shape index (κ1) is 13.5. The molecular formula is C12H17FN2O2S. The van der Waals surface area contributed by atoms with E-state index in [0.717, 1.165) is 18.9 Å². The number of piperidine rings is 1. The van der Waals surface area contributed by atoms with Crippen molar-refractivity contribution in [2.75, 3.05) is 13.1 Å². The van der Waals surface area contributed by atoms with Gasteiger partial charge in [-0.15, -0.1) is 0 Å². The number of benzene rings is 1. The highest BCUT2D eigenvalue weighted by Crippen LogP contribution is 2.21. The molecule has 0 radical (unpaired) electrons. The molecule has 1 aromatic carbocycles. The van der Waals surface area contributed by atoms with E-state index in [-0.39, 0.29) is 10.9 Å². The lowest BCUT2D eigenvalue weighted by atomic mass is 10.1. The third kappa shape index (κ3) is 2.55. The van der Waals surface area contributed by atoms with Gasteiger partial charge in [0.15, 0.2) is 0 Å². The molecule has 1 aromatic rings. The number of rotatable bonds is 2. The smallest absolute Gasteiger partial charge is 0.243 e. The number of sulfonamides is 1. The van der Waals surface area contributed by atoms with E-state index in [2.05, 4.69) is 0 Å². The summed E-state index contributed by atoms with van der Waals surface area (Å²) >= 11 is 0. The number of hydrogen-bond donors (Lipinski definition) is 1. The van der Waals surface area contributed by atoms with E-state index in [1.807, 2.05) is 0 Å². The summed E-state index contributed by atoms with van der Waals surface area (Å²) in [5, 5.41) is 0. The summed E-state index contributed by atoms with van der Waals surface area (Å²) in [6, 6.07) is 3.86. The first-order valence-electron chi connectivity index (χ1n) is 5.93. The zero-order valence-corrected chi connectivity index (χ0v) is 11.1. The average Bonchev–Trinajstić information content (AvgIpc) is 2.32. The fourth-order valence-electron chi connectivity index (χ4n) is 2.08. The van der Waals surface area contributed by atoms with Crippen LogP contribution in [-0.2, 0) is 10.0 Å². The van der Waals surface area contributed by atoms with Crippen LogP contribution in [0.25, 0.3) is 0 Å². The Morgan fingerprint density at radius 3 is 2.78 bits per heavy atom. The summed E-state index contributed by atoms with van der Waals surface area (Å²) in [7, 11) is -3.62. The van der Waals surface area contributed by atoms with E-state index in [9.17, 15) is 12.8 Å². The molecule has 0 amide bonds. The molecule has 1 saturated heterocycles. The summed E-state index contributed by atoms with van der Waals surface area (Å²) in [6.07, 6.45) is 1.57. The van der Waals surface area contributed by atoms with Crippen molar-refractivity contribution in [3.63, 3.8) is 0 Å². The van der Waals surface area contributed by atoms with Gasteiger partial charge in [-0.1, -0.05) is 6.07 Å². The maximum Gasteiger partial charge on any atom is 0.243 e. The van der Waals surface area contributed by atoms with Crippen LogP contribution in [0, 0.1) is 12.7 Å². The zero-order valence-electron chi connectivity index (χ0n) is 10.3. The molecule has 0 aromatic heterocycles. The van der Waals surface area contributed by atoms with Gasteiger partial charge in [0.25, 0.3) is 0 Å². The Balaban J connectivity index is 2.32. The van der Waals surface area contributed by atoms with Gasteiger partial charge in [-0.05, 0) is 37.5 Å². The zero-order chi connectivity index (χ0) is 13.3. The van der Waals surface area contributed by atoms with Crippen molar-refractivity contribution in [3.8, 4) is 0 Å². The van der Waals surface area contributed by atoms with Crippen LogP contribution < -0.4 is 5.73 Å². The third-order valence-corrected chi connectivity index (χ3v) is 5.06. The van der Waals surface area contributed by atoms with Crippen LogP contribution in [0.4, 0.5) is 4.39 Å². The maximum atomic E-state index is 13.4. The van der Waals surface area contributed by atoms with Gasteiger partial charge in [0.1, 0.15) is 5.82 Å². The molecule has 1 aliphatic rings. The van der Waals surface area contributed by atoms with Crippen molar-refractivity contribution in [3.05, 3.63) is 29.6 Å². The molecular weight excluding hydrogens is 255 g/mol. The van der Waals surface area contributed by atoms with Crippen molar-refractivity contribution < 1.29 is 12.8 Å². The second kappa shape index (κ2) is 4.95. The molecule has 2 N–H and O–H groups in total. The normalized spacial score (nSPS) is 22.1. The molecule has 1 heterocycles. The quantitative estimate of drug-likeness (QED) is 0.881. The van der Waals surface area contributed by atoms with E-state index in [4.69, 9.17) is 5.73 Å². The van der Waals surface area contributed by atoms with Crippen LogP contribution in [-0.4, -0.2) is 31.9 Å². The van der Waals surface area contributed by atoms with E-state index in [1.54, 1.807) is 6.92 Å². The predicted octanol–water partition coefficient (Wildman–Crippen LogP) is 1.25. The molecule has 0 aliphatic carbocycles. The lowest BCUT2D eigenvalue weighted by Crippen LogP contribution is -2.45. The van der Waals surface area contributed by atoms with Crippen LogP contribution in [0.3, 0.4) is 0 Å². The molecule has 0 bridgehead atoms. The highest BCUT2D eigenvalue weighted by molar-refractivity contribution is 7.89. The SMILES string of the molecule is Cc1ccc(S(=O)(=O)N2CCC[C@H](N)C2)cc1F. The van der Waals surface area contributed by atoms with Crippen molar-refractivity contribution >= 4 is 10.0 Å². The van der Waals surface area contributed by atoms with Gasteiger partial charge in [-0.3, -0.25) is 0 Å². The van der Waals surface area contributed by atoms with E-state index in [0.29, 0.717) is 18.7 Å². The van der Waals surface area contributed by atoms with Crippen molar-refractivity contribution in [2.24, 2.45) is 5.73 Å². The molecule has 1 fully saturated rings. The molecule has 4 nitrogen and oxygen atoms in total. The minimum Gasteiger partial charge on any atom is -0.327 e. The van der Waals surface area contributed by atoms with Gasteiger partial charge >= 0.3 is 0 Å². The highest BCUT2D eigenvalue weighted by atomic mass is 32.2. The Morgan fingerprint density at radius 2 is 2.17 bits per heavy atom. The summed E-state index contributed by atoms with van der Waals surface area (Å²) < 4.78 is 39.4. The van der Waals surface area contributed by atoms with Gasteiger partial charge in [-0.2, -0.15) is 4.31 Å². The molecule has 6 heteroatoms. The fraction of sp³-hybridized carbons (Fsp3) is 0.500. The number of halogens is 1. The first-order valence-corrected chi connectivity index (χ1v) is 7.37. The Kier molecular flexibility index (Phi) is 3.70. The summed E-state index contributed by atoms with van der Waals surface area (Å²) in [6.45, 7) is 2.35. The molecule has 18 heavy (non-hydrogen) atoms. The van der Waals surface area contributed by atoms with Gasteiger partial charge in [0, 0.05) is 19.1 Å². The van der Waals surface area contributed by atoms with Crippen molar-refractivity contribution in [1.82, 2.24) is 4.31 Å².